The van der Waals surface area contributed by atoms with E-state index in [1.54, 1.807) is 0 Å². The van der Waals surface area contributed by atoms with Crippen molar-refractivity contribution >= 4 is 5.78 Å². The summed E-state index contributed by atoms with van der Waals surface area (Å²) in [5.41, 5.74) is 54.2. The molecule has 0 unspecified atom stereocenters. The summed E-state index contributed by atoms with van der Waals surface area (Å²) in [5.74, 6) is 0.427. The highest BCUT2D eigenvalue weighted by molar-refractivity contribution is 5.96. The second kappa shape index (κ2) is 26.7. The van der Waals surface area contributed by atoms with Crippen LogP contribution in [-0.4, -0.2) is 19.0 Å². The number of rotatable bonds is 0. The minimum Gasteiger partial charge on any atom is -0.380 e. The first-order valence-corrected chi connectivity index (χ1v) is 41.5. The van der Waals surface area contributed by atoms with Crippen molar-refractivity contribution in [3.8, 4) is 66.8 Å². The smallest absolute Gasteiger partial charge is 0.133 e. The Bertz CT molecular complexity index is 5970. The van der Waals surface area contributed by atoms with Crippen molar-refractivity contribution in [3.63, 3.8) is 0 Å². The van der Waals surface area contributed by atoms with Gasteiger partial charge in [0.25, 0.3) is 0 Å². The molecule has 1 heterocycles. The van der Waals surface area contributed by atoms with Crippen LogP contribution in [0.2, 0.25) is 0 Å². The van der Waals surface area contributed by atoms with Crippen LogP contribution in [0.1, 0.15) is 183 Å². The quantitative estimate of drug-likeness (QED) is 0.151. The normalized spacial score (nSPS) is 16.7. The van der Waals surface area contributed by atoms with Crippen molar-refractivity contribution in [3.05, 3.63) is 424 Å². The van der Waals surface area contributed by atoms with E-state index >= 15 is 0 Å². The van der Waals surface area contributed by atoms with Crippen molar-refractivity contribution < 1.29 is 9.53 Å². The first kappa shape index (κ1) is 70.8. The molecule has 113 heavy (non-hydrogen) atoms. The van der Waals surface area contributed by atoms with Crippen LogP contribution in [0.25, 0.3) is 66.8 Å². The second-order valence-electron chi connectivity index (χ2n) is 35.1. The third-order valence-corrected chi connectivity index (χ3v) is 28.0. The van der Waals surface area contributed by atoms with E-state index in [-0.39, 0.29) is 27.1 Å². The number of hydrogen-bond donors (Lipinski definition) is 0. The van der Waals surface area contributed by atoms with Crippen molar-refractivity contribution in [2.45, 2.75) is 154 Å². The minimum absolute atomic E-state index is 0.0687. The number of benzene rings is 14. The summed E-state index contributed by atoms with van der Waals surface area (Å²) >= 11 is 0. The molecule has 5 spiro atoms. The molecule has 10 aliphatic rings. The molecule has 0 atom stereocenters. The summed E-state index contributed by atoms with van der Waals surface area (Å²) in [6, 6.07) is 105. The van der Waals surface area contributed by atoms with Gasteiger partial charge < -0.3 is 4.74 Å². The van der Waals surface area contributed by atoms with Gasteiger partial charge in [-0.15, -0.1) is 0 Å². The van der Waals surface area contributed by atoms with Crippen LogP contribution >= 0.6 is 0 Å². The van der Waals surface area contributed by atoms with Crippen LogP contribution in [0.5, 0.6) is 0 Å². The molecule has 24 rings (SSSR count). The molecule has 0 aromatic heterocycles. The molecule has 0 bridgehead atoms. The molecule has 2 heteroatoms. The minimum atomic E-state index is -0.199. The van der Waals surface area contributed by atoms with Crippen LogP contribution in [-0.2, 0) is 55.9 Å². The van der Waals surface area contributed by atoms with E-state index in [0.717, 1.165) is 58.2 Å². The Morgan fingerprint density at radius 2 is 0.504 bits per heavy atom. The molecule has 1 aliphatic heterocycles. The zero-order valence-electron chi connectivity index (χ0n) is 67.2. The number of hydrogen-bond acceptors (Lipinski definition) is 2. The highest BCUT2D eigenvalue weighted by Crippen LogP contribution is 2.65. The highest BCUT2D eigenvalue weighted by atomic mass is 16.5. The van der Waals surface area contributed by atoms with Gasteiger partial charge in [-0.1, -0.05) is 335 Å². The Labute approximate surface area is 668 Å². The lowest BCUT2D eigenvalue weighted by Crippen LogP contribution is -2.31. The molecule has 554 valence electrons. The van der Waals surface area contributed by atoms with E-state index < -0.39 is 0 Å². The molecule has 0 radical (unpaired) electrons. The van der Waals surface area contributed by atoms with Crippen molar-refractivity contribution in [2.24, 2.45) is 0 Å². The SMILES string of the molecule is Cc1ccc2c(c1)C1(CCC(=O)CC1)c1cc(C)ccc1-2.Cc1ccc2c(c1)C1(CCOC1)c1cc(C)ccc1-2.Cc1ccc2c(c1)C1(CCc3ccccc31)c1cc(C)ccc1-2.Cc1ccc2c(c1)C1(Cc3ccccc3C1)c1cc(C)ccc1-2.Cc1ccc2c(c1)C1(c3ccccc3-c3ccccc31)c1cc(C)ccc1-2. The molecular weight excluding hydrogens is 1370 g/mol. The first-order valence-electron chi connectivity index (χ1n) is 41.5. The Hall–Kier alpha value is -11.3. The van der Waals surface area contributed by atoms with Crippen LogP contribution in [0.3, 0.4) is 0 Å². The standard InChI is InChI=1S/C27H20.2C23H20.C20H20O.C18H18O/c1-17-11-13-21-22-14-12-18(2)16-26(22)27(25(21)15-17)23-9-5-3-7-19(23)20-8-4-6-10-24(20)27;1-15-7-9-19-20-10-8-16(2)12-22(20)23(21(19)11-15)13-17-5-3-4-6-18(17)14-23;1-15-7-9-18-19-10-8-16(2)14-22(19)23(21(18)13-15)12-11-17-5-3-4-6-20(17)23;1-13-3-5-16-17-6-4-14(2)12-19(17)20(18(16)11-13)9-7-15(21)8-10-20;1-12-3-5-14-15-6-4-13(2)10-17(15)18(16(14)9-12)7-8-19-11-18/h3-16H,1-2H3;3-12H,13-14H2,1-2H3;3-10,13-14H,11-12H2,1-2H3;3-6,11-12H,7-10H2,1-2H3;3-6,9-10H,7-8,11H2,1-2H3. The third kappa shape index (κ3) is 10.8. The zero-order chi connectivity index (χ0) is 77.0. The summed E-state index contributed by atoms with van der Waals surface area (Å²) in [7, 11) is 0. The van der Waals surface area contributed by atoms with E-state index in [4.69, 9.17) is 4.74 Å². The predicted molar refractivity (Wildman–Crippen MR) is 467 cm³/mol. The van der Waals surface area contributed by atoms with Crippen LogP contribution in [0, 0.1) is 69.2 Å². The fourth-order valence-electron chi connectivity index (χ4n) is 22.8. The van der Waals surface area contributed by atoms with Gasteiger partial charge in [0.1, 0.15) is 5.78 Å². The van der Waals surface area contributed by atoms with Crippen LogP contribution in [0.4, 0.5) is 0 Å². The average Bonchev–Trinajstić information content (AvgIpc) is 1.50. The summed E-state index contributed by atoms with van der Waals surface area (Å²) in [6.45, 7) is 23.6. The Balaban J connectivity index is 0.0000000922. The van der Waals surface area contributed by atoms with Gasteiger partial charge in [-0.05, 0) is 270 Å². The van der Waals surface area contributed by atoms with E-state index in [1.807, 2.05) is 0 Å². The number of carbonyl (C=O) groups excluding carboxylic acids is 1. The lowest BCUT2D eigenvalue weighted by molar-refractivity contribution is -0.121. The van der Waals surface area contributed by atoms with E-state index in [0.29, 0.717) is 5.78 Å². The van der Waals surface area contributed by atoms with Gasteiger partial charge in [0.05, 0.1) is 12.0 Å². The fraction of sp³-hybridized carbons (Fsp3) is 0.234. The molecule has 2 fully saturated rings. The molecule has 0 amide bonds. The predicted octanol–water partition coefficient (Wildman–Crippen LogP) is 26.3. The van der Waals surface area contributed by atoms with Gasteiger partial charge in [0, 0.05) is 41.1 Å². The van der Waals surface area contributed by atoms with Crippen LogP contribution in [0.15, 0.2) is 279 Å². The number of aryl methyl sites for hydroxylation is 11. The number of carbonyl (C=O) groups is 1. The van der Waals surface area contributed by atoms with Crippen molar-refractivity contribution in [1.82, 2.24) is 0 Å². The van der Waals surface area contributed by atoms with Crippen molar-refractivity contribution in [1.29, 1.82) is 0 Å². The Morgan fingerprint density at radius 1 is 0.230 bits per heavy atom. The molecular formula is C111H98O2. The van der Waals surface area contributed by atoms with Gasteiger partial charge >= 0.3 is 0 Å². The average molecular weight is 1460 g/mol. The first-order chi connectivity index (χ1) is 54.9. The third-order valence-electron chi connectivity index (χ3n) is 28.0. The summed E-state index contributed by atoms with van der Waals surface area (Å²) in [6.07, 6.45) is 9.14. The lowest BCUT2D eigenvalue weighted by Gasteiger charge is -2.35. The fourth-order valence-corrected chi connectivity index (χ4v) is 22.8. The lowest BCUT2D eigenvalue weighted by atomic mass is 9.67. The molecule has 1 saturated carbocycles. The maximum Gasteiger partial charge on any atom is 0.133 e. The summed E-state index contributed by atoms with van der Waals surface area (Å²) in [4.78, 5) is 11.8. The Morgan fingerprint density at radius 3 is 0.858 bits per heavy atom. The van der Waals surface area contributed by atoms with Gasteiger partial charge in [-0.3, -0.25) is 4.79 Å². The van der Waals surface area contributed by atoms with E-state index in [1.165, 1.54) is 224 Å². The largest absolute Gasteiger partial charge is 0.380 e. The molecule has 1 saturated heterocycles. The summed E-state index contributed by atoms with van der Waals surface area (Å²) < 4.78 is 5.78. The second-order valence-corrected chi connectivity index (χ2v) is 35.1. The maximum absolute atomic E-state index is 11.8. The van der Waals surface area contributed by atoms with Crippen molar-refractivity contribution in [2.75, 3.05) is 13.2 Å². The number of fused-ring (bicyclic) bond motifs is 33. The monoisotopic (exact) mass is 1460 g/mol. The van der Waals surface area contributed by atoms with Gasteiger partial charge in [-0.25, -0.2) is 0 Å². The van der Waals surface area contributed by atoms with E-state index in [2.05, 4.69) is 348 Å². The highest BCUT2D eigenvalue weighted by Gasteiger charge is 2.54. The Kier molecular flexibility index (Phi) is 16.7. The molecule has 0 N–H and O–H groups in total. The number of Topliss-reactive ketones (excluding diaryl/α,β-unsaturated/α-hetero) is 1. The number of ether oxygens (including phenoxy) is 1. The molecule has 2 nitrogen and oxygen atoms in total. The van der Waals surface area contributed by atoms with Gasteiger partial charge in [-0.2, -0.15) is 0 Å². The molecule has 9 aliphatic carbocycles. The van der Waals surface area contributed by atoms with Crippen LogP contribution < -0.4 is 0 Å². The molecule has 14 aromatic carbocycles. The topological polar surface area (TPSA) is 26.3 Å². The summed E-state index contributed by atoms with van der Waals surface area (Å²) in [5, 5.41) is 0. The zero-order valence-corrected chi connectivity index (χ0v) is 67.2. The number of ketones is 1. The molecule has 14 aromatic rings. The van der Waals surface area contributed by atoms with Gasteiger partial charge in [0.15, 0.2) is 0 Å². The maximum atomic E-state index is 11.8. The van der Waals surface area contributed by atoms with E-state index in [9.17, 15) is 4.79 Å². The van der Waals surface area contributed by atoms with Gasteiger partial charge in [0.2, 0.25) is 0 Å².